The molecule has 7 nitrogen and oxygen atoms in total. The lowest BCUT2D eigenvalue weighted by Gasteiger charge is -2.15. The van der Waals surface area contributed by atoms with Crippen LogP contribution in [0.15, 0.2) is 71.9 Å². The molecule has 2 aromatic carbocycles. The first kappa shape index (κ1) is 22.9. The van der Waals surface area contributed by atoms with Crippen molar-refractivity contribution in [3.8, 4) is 23.1 Å². The molecule has 3 rings (SSSR count). The Morgan fingerprint density at radius 2 is 1.78 bits per heavy atom. The second-order valence-electron chi connectivity index (χ2n) is 7.00. The highest BCUT2D eigenvalue weighted by atomic mass is 16.5. The second-order valence-corrected chi connectivity index (χ2v) is 7.00. The maximum Gasteiger partial charge on any atom is 0.224 e. The molecule has 168 valence electrons. The number of benzene rings is 2. The molecule has 0 atom stereocenters. The molecule has 1 aromatic heterocycles. The van der Waals surface area contributed by atoms with E-state index in [-0.39, 0.29) is 0 Å². The van der Waals surface area contributed by atoms with Crippen LogP contribution in [0.2, 0.25) is 0 Å². The molecule has 0 saturated carbocycles. The van der Waals surface area contributed by atoms with Crippen LogP contribution in [0.5, 0.6) is 23.1 Å². The molecule has 0 bridgehead atoms. The van der Waals surface area contributed by atoms with Crippen LogP contribution in [-0.4, -0.2) is 31.7 Å². The summed E-state index contributed by atoms with van der Waals surface area (Å²) in [5, 5.41) is 6.63. The number of pyridine rings is 1. The summed E-state index contributed by atoms with van der Waals surface area (Å²) >= 11 is 0. The number of para-hydroxylation sites is 2. The Hall–Kier alpha value is -3.74. The van der Waals surface area contributed by atoms with Crippen LogP contribution >= 0.6 is 0 Å². The normalized spacial score (nSPS) is 11.0. The number of methoxy groups -OCH3 is 1. The van der Waals surface area contributed by atoms with Crippen LogP contribution in [0.25, 0.3) is 0 Å². The summed E-state index contributed by atoms with van der Waals surface area (Å²) in [6.07, 6.45) is 2.64. The number of guanidine groups is 1. The summed E-state index contributed by atoms with van der Waals surface area (Å²) in [5.41, 5.74) is 2.00. The van der Waals surface area contributed by atoms with Crippen LogP contribution in [0.3, 0.4) is 0 Å². The van der Waals surface area contributed by atoms with E-state index in [4.69, 9.17) is 14.2 Å². The van der Waals surface area contributed by atoms with Gasteiger partial charge in [-0.2, -0.15) is 0 Å². The van der Waals surface area contributed by atoms with Gasteiger partial charge >= 0.3 is 0 Å². The number of aliphatic imine (C=N–C) groups is 1. The Morgan fingerprint density at radius 1 is 0.969 bits per heavy atom. The standard InChI is InChI=1S/C25H30N4O3/c1-4-15-31-22-12-5-6-13-23(22)32-24-20(10-8-14-27-24)18-29-25(26-2)28-17-19-9-7-11-21(16-19)30-3/h5-14,16H,4,15,17-18H2,1-3H3,(H2,26,28,29). The number of nitrogens with one attached hydrogen (secondary N) is 2. The third-order valence-electron chi connectivity index (χ3n) is 4.63. The Kier molecular flexibility index (Phi) is 8.74. The number of hydrogen-bond acceptors (Lipinski definition) is 5. The lowest BCUT2D eigenvalue weighted by Crippen LogP contribution is -2.36. The minimum atomic E-state index is 0.499. The van der Waals surface area contributed by atoms with Crippen molar-refractivity contribution in [2.75, 3.05) is 20.8 Å². The first-order chi connectivity index (χ1) is 15.7. The topological polar surface area (TPSA) is 77.0 Å². The zero-order chi connectivity index (χ0) is 22.6. The predicted octanol–water partition coefficient (Wildman–Crippen LogP) is 4.54. The van der Waals surface area contributed by atoms with Crippen LogP contribution in [-0.2, 0) is 13.1 Å². The molecule has 3 aromatic rings. The molecule has 32 heavy (non-hydrogen) atoms. The van der Waals surface area contributed by atoms with Crippen molar-refractivity contribution >= 4 is 5.96 Å². The zero-order valence-electron chi connectivity index (χ0n) is 18.8. The highest BCUT2D eigenvalue weighted by Gasteiger charge is 2.11. The van der Waals surface area contributed by atoms with Crippen molar-refractivity contribution in [2.24, 2.45) is 4.99 Å². The molecule has 1 heterocycles. The SMILES string of the molecule is CCCOc1ccccc1Oc1ncccc1CNC(=NC)NCc1cccc(OC)c1. The van der Waals surface area contributed by atoms with Crippen molar-refractivity contribution in [3.05, 3.63) is 78.0 Å². The summed E-state index contributed by atoms with van der Waals surface area (Å²) in [7, 11) is 3.40. The molecule has 0 aliphatic heterocycles. The fraction of sp³-hybridized carbons (Fsp3) is 0.280. The van der Waals surface area contributed by atoms with Gasteiger partial charge in [-0.25, -0.2) is 4.98 Å². The average Bonchev–Trinajstić information content (AvgIpc) is 2.84. The second kappa shape index (κ2) is 12.2. The van der Waals surface area contributed by atoms with Gasteiger partial charge in [0.2, 0.25) is 5.88 Å². The van der Waals surface area contributed by atoms with Crippen molar-refractivity contribution in [1.82, 2.24) is 15.6 Å². The Balaban J connectivity index is 1.63. The van der Waals surface area contributed by atoms with Crippen LogP contribution < -0.4 is 24.8 Å². The molecule has 0 saturated heterocycles. The van der Waals surface area contributed by atoms with Gasteiger partial charge < -0.3 is 24.8 Å². The monoisotopic (exact) mass is 434 g/mol. The van der Waals surface area contributed by atoms with Gasteiger partial charge in [0.1, 0.15) is 5.75 Å². The van der Waals surface area contributed by atoms with Gasteiger partial charge in [0.25, 0.3) is 0 Å². The molecular weight excluding hydrogens is 404 g/mol. The Bertz CT molecular complexity index is 1020. The first-order valence-corrected chi connectivity index (χ1v) is 10.6. The molecule has 2 N–H and O–H groups in total. The van der Waals surface area contributed by atoms with E-state index in [1.807, 2.05) is 60.7 Å². The van der Waals surface area contributed by atoms with Crippen molar-refractivity contribution in [3.63, 3.8) is 0 Å². The smallest absolute Gasteiger partial charge is 0.224 e. The number of nitrogens with zero attached hydrogens (tertiary/aromatic N) is 2. The summed E-state index contributed by atoms with van der Waals surface area (Å²) in [6, 6.07) is 19.4. The van der Waals surface area contributed by atoms with Gasteiger partial charge in [0.15, 0.2) is 17.5 Å². The number of hydrogen-bond donors (Lipinski definition) is 2. The molecule has 0 unspecified atom stereocenters. The van der Waals surface area contributed by atoms with E-state index in [0.717, 1.165) is 23.3 Å². The number of rotatable bonds is 10. The number of ether oxygens (including phenoxy) is 3. The Morgan fingerprint density at radius 3 is 2.56 bits per heavy atom. The highest BCUT2D eigenvalue weighted by Crippen LogP contribution is 2.31. The molecule has 0 amide bonds. The van der Waals surface area contributed by atoms with E-state index in [2.05, 4.69) is 27.5 Å². The molecule has 0 aliphatic rings. The lowest BCUT2D eigenvalue weighted by atomic mass is 10.2. The van der Waals surface area contributed by atoms with E-state index in [9.17, 15) is 0 Å². The van der Waals surface area contributed by atoms with Gasteiger partial charge in [0, 0.05) is 31.9 Å². The van der Waals surface area contributed by atoms with Gasteiger partial charge in [0.05, 0.1) is 13.7 Å². The van der Waals surface area contributed by atoms with Gasteiger partial charge in [-0.3, -0.25) is 4.99 Å². The maximum absolute atomic E-state index is 6.11. The molecule has 0 radical (unpaired) electrons. The van der Waals surface area contributed by atoms with E-state index < -0.39 is 0 Å². The van der Waals surface area contributed by atoms with Crippen LogP contribution in [0, 0.1) is 0 Å². The van der Waals surface area contributed by atoms with Gasteiger partial charge in [-0.1, -0.05) is 37.3 Å². The molecule has 0 fully saturated rings. The summed E-state index contributed by atoms with van der Waals surface area (Å²) < 4.78 is 17.2. The van der Waals surface area contributed by atoms with Crippen molar-refractivity contribution in [1.29, 1.82) is 0 Å². The fourth-order valence-corrected chi connectivity index (χ4v) is 2.99. The van der Waals surface area contributed by atoms with Crippen LogP contribution in [0.4, 0.5) is 0 Å². The minimum absolute atomic E-state index is 0.499. The molecule has 0 aliphatic carbocycles. The lowest BCUT2D eigenvalue weighted by molar-refractivity contribution is 0.300. The Labute approximate surface area is 189 Å². The number of aromatic nitrogens is 1. The van der Waals surface area contributed by atoms with E-state index in [0.29, 0.717) is 43.0 Å². The van der Waals surface area contributed by atoms with E-state index >= 15 is 0 Å². The third kappa shape index (κ3) is 6.63. The average molecular weight is 435 g/mol. The molecule has 0 spiro atoms. The predicted molar refractivity (Wildman–Crippen MR) is 127 cm³/mol. The highest BCUT2D eigenvalue weighted by molar-refractivity contribution is 5.79. The zero-order valence-corrected chi connectivity index (χ0v) is 18.8. The van der Waals surface area contributed by atoms with Gasteiger partial charge in [-0.05, 0) is 42.3 Å². The van der Waals surface area contributed by atoms with E-state index in [1.165, 1.54) is 0 Å². The molecular formula is C25H30N4O3. The minimum Gasteiger partial charge on any atom is -0.497 e. The van der Waals surface area contributed by atoms with Crippen LogP contribution in [0.1, 0.15) is 24.5 Å². The summed E-state index contributed by atoms with van der Waals surface area (Å²) in [5.74, 6) is 3.37. The summed E-state index contributed by atoms with van der Waals surface area (Å²) in [4.78, 5) is 8.72. The van der Waals surface area contributed by atoms with Gasteiger partial charge in [-0.15, -0.1) is 0 Å². The fourth-order valence-electron chi connectivity index (χ4n) is 2.99. The molecule has 7 heteroatoms. The quantitative estimate of drug-likeness (QED) is 0.360. The van der Waals surface area contributed by atoms with E-state index in [1.54, 1.807) is 20.4 Å². The maximum atomic E-state index is 6.11. The van der Waals surface area contributed by atoms with Crippen molar-refractivity contribution < 1.29 is 14.2 Å². The summed E-state index contributed by atoms with van der Waals surface area (Å²) in [6.45, 7) is 3.82. The van der Waals surface area contributed by atoms with Crippen molar-refractivity contribution in [2.45, 2.75) is 26.4 Å². The first-order valence-electron chi connectivity index (χ1n) is 10.6. The third-order valence-corrected chi connectivity index (χ3v) is 4.63. The largest absolute Gasteiger partial charge is 0.497 e.